The zero-order valence-electron chi connectivity index (χ0n) is 9.82. The molecule has 0 N–H and O–H groups in total. The number of hydrogen-bond donors (Lipinski definition) is 0. The van der Waals surface area contributed by atoms with Gasteiger partial charge in [0.2, 0.25) is 0 Å². The van der Waals surface area contributed by atoms with E-state index in [1.165, 1.54) is 6.20 Å². The molecular formula is C15H13NO2. The van der Waals surface area contributed by atoms with Gasteiger partial charge in [-0.2, -0.15) is 0 Å². The molecule has 0 saturated carbocycles. The highest BCUT2D eigenvalue weighted by Gasteiger charge is 1.95. The summed E-state index contributed by atoms with van der Waals surface area (Å²) in [6.45, 7) is 0.443. The molecule has 0 fully saturated rings. The van der Waals surface area contributed by atoms with E-state index in [0.717, 1.165) is 11.8 Å². The van der Waals surface area contributed by atoms with Crippen molar-refractivity contribution in [2.45, 2.75) is 0 Å². The highest BCUT2D eigenvalue weighted by Crippen LogP contribution is 2.10. The van der Waals surface area contributed by atoms with Crippen LogP contribution in [-0.2, 0) is 0 Å². The number of carbonyl (C=O) groups is 1. The number of rotatable bonds is 5. The Bertz CT molecular complexity index is 535. The van der Waals surface area contributed by atoms with Crippen molar-refractivity contribution in [3.8, 4) is 5.75 Å². The molecule has 0 aliphatic rings. The summed E-state index contributed by atoms with van der Waals surface area (Å²) >= 11 is 0. The number of carbonyl (C=O) groups excluding carboxylic acids is 1. The minimum atomic E-state index is 0.443. The average Bonchev–Trinajstić information content (AvgIpc) is 2.45. The molecule has 0 amide bonds. The fourth-order valence-corrected chi connectivity index (χ4v) is 1.47. The van der Waals surface area contributed by atoms with E-state index >= 15 is 0 Å². The lowest BCUT2D eigenvalue weighted by Crippen LogP contribution is -1.95. The molecule has 2 rings (SSSR count). The first-order valence-corrected chi connectivity index (χ1v) is 5.63. The number of pyridine rings is 1. The lowest BCUT2D eigenvalue weighted by atomic mass is 10.2. The van der Waals surface area contributed by atoms with Crippen LogP contribution in [0.3, 0.4) is 0 Å². The van der Waals surface area contributed by atoms with Gasteiger partial charge in [0.1, 0.15) is 12.4 Å². The van der Waals surface area contributed by atoms with Crippen molar-refractivity contribution in [1.82, 2.24) is 4.98 Å². The maximum atomic E-state index is 10.6. The topological polar surface area (TPSA) is 39.2 Å². The van der Waals surface area contributed by atoms with Crippen molar-refractivity contribution >= 4 is 12.4 Å². The largest absolute Gasteiger partial charge is 0.488 e. The molecule has 1 aromatic carbocycles. The fourth-order valence-electron chi connectivity index (χ4n) is 1.47. The average molecular weight is 239 g/mol. The second-order valence-electron chi connectivity index (χ2n) is 3.70. The van der Waals surface area contributed by atoms with Crippen LogP contribution in [0, 0.1) is 0 Å². The first-order valence-electron chi connectivity index (χ1n) is 5.63. The molecule has 90 valence electrons. The summed E-state index contributed by atoms with van der Waals surface area (Å²) in [4.78, 5) is 14.5. The number of hydrogen-bond acceptors (Lipinski definition) is 3. The third-order valence-corrected chi connectivity index (χ3v) is 2.33. The first kappa shape index (κ1) is 12.0. The summed E-state index contributed by atoms with van der Waals surface area (Å²) in [6.07, 6.45) is 7.74. The standard InChI is InChI=1S/C15H13NO2/c17-12-14-9-15(11-16-10-14)18-8-4-7-13-5-2-1-3-6-13/h1-7,9-12H,8H2/b7-4+. The molecule has 3 nitrogen and oxygen atoms in total. The van der Waals surface area contributed by atoms with Gasteiger partial charge in [-0.05, 0) is 17.7 Å². The van der Waals surface area contributed by atoms with E-state index in [1.807, 2.05) is 42.5 Å². The summed E-state index contributed by atoms with van der Waals surface area (Å²) in [5.74, 6) is 0.595. The third-order valence-electron chi connectivity index (χ3n) is 2.33. The van der Waals surface area contributed by atoms with Gasteiger partial charge in [0, 0.05) is 11.8 Å². The Kier molecular flexibility index (Phi) is 4.25. The molecule has 0 aliphatic heterocycles. The zero-order valence-corrected chi connectivity index (χ0v) is 9.82. The molecule has 0 aliphatic carbocycles. The predicted molar refractivity (Wildman–Crippen MR) is 70.6 cm³/mol. The van der Waals surface area contributed by atoms with E-state index in [1.54, 1.807) is 12.3 Å². The molecule has 3 heteroatoms. The summed E-state index contributed by atoms with van der Waals surface area (Å²) in [7, 11) is 0. The number of aromatic nitrogens is 1. The van der Waals surface area contributed by atoms with Crippen LogP contribution >= 0.6 is 0 Å². The van der Waals surface area contributed by atoms with E-state index in [2.05, 4.69) is 4.98 Å². The van der Waals surface area contributed by atoms with Crippen molar-refractivity contribution in [2.75, 3.05) is 6.61 Å². The Morgan fingerprint density at radius 3 is 2.72 bits per heavy atom. The van der Waals surface area contributed by atoms with Gasteiger partial charge in [0.15, 0.2) is 6.29 Å². The molecule has 0 unspecified atom stereocenters. The third kappa shape index (κ3) is 3.56. The molecule has 1 aromatic heterocycles. The van der Waals surface area contributed by atoms with E-state index in [9.17, 15) is 4.79 Å². The summed E-state index contributed by atoms with van der Waals surface area (Å²) in [6, 6.07) is 11.6. The Labute approximate surface area is 106 Å². The van der Waals surface area contributed by atoms with Crippen molar-refractivity contribution in [2.24, 2.45) is 0 Å². The molecule has 0 atom stereocenters. The van der Waals surface area contributed by atoms with Crippen LogP contribution in [-0.4, -0.2) is 17.9 Å². The molecule has 2 aromatic rings. The van der Waals surface area contributed by atoms with Crippen LogP contribution in [0.25, 0.3) is 6.08 Å². The highest BCUT2D eigenvalue weighted by atomic mass is 16.5. The van der Waals surface area contributed by atoms with Crippen LogP contribution in [0.1, 0.15) is 15.9 Å². The number of benzene rings is 1. The van der Waals surface area contributed by atoms with Gasteiger partial charge in [0.05, 0.1) is 6.20 Å². The smallest absolute Gasteiger partial charge is 0.151 e. The van der Waals surface area contributed by atoms with E-state index in [0.29, 0.717) is 17.9 Å². The van der Waals surface area contributed by atoms with Crippen molar-refractivity contribution in [3.63, 3.8) is 0 Å². The molecule has 0 saturated heterocycles. The van der Waals surface area contributed by atoms with Gasteiger partial charge in [-0.1, -0.05) is 36.4 Å². The quantitative estimate of drug-likeness (QED) is 0.753. The monoisotopic (exact) mass is 239 g/mol. The van der Waals surface area contributed by atoms with Crippen LogP contribution in [0.2, 0.25) is 0 Å². The van der Waals surface area contributed by atoms with Crippen molar-refractivity contribution in [3.05, 3.63) is 66.0 Å². The predicted octanol–water partition coefficient (Wildman–Crippen LogP) is 2.99. The molecule has 0 spiro atoms. The summed E-state index contributed by atoms with van der Waals surface area (Å²) in [5.41, 5.74) is 1.64. The fraction of sp³-hybridized carbons (Fsp3) is 0.0667. The summed E-state index contributed by atoms with van der Waals surface area (Å²) < 4.78 is 5.46. The minimum absolute atomic E-state index is 0.443. The SMILES string of the molecule is O=Cc1cncc(OC/C=C/c2ccccc2)c1. The molecule has 18 heavy (non-hydrogen) atoms. The highest BCUT2D eigenvalue weighted by molar-refractivity contribution is 5.74. The maximum absolute atomic E-state index is 10.6. The van der Waals surface area contributed by atoms with Gasteiger partial charge in [-0.15, -0.1) is 0 Å². The lowest BCUT2D eigenvalue weighted by molar-refractivity contribution is 0.112. The number of aldehydes is 1. The Hall–Kier alpha value is -2.42. The molecule has 0 radical (unpaired) electrons. The summed E-state index contributed by atoms with van der Waals surface area (Å²) in [5, 5.41) is 0. The van der Waals surface area contributed by atoms with Crippen molar-refractivity contribution in [1.29, 1.82) is 0 Å². The molecule has 1 heterocycles. The van der Waals surface area contributed by atoms with Crippen LogP contribution in [0.5, 0.6) is 5.75 Å². The molecular weight excluding hydrogens is 226 g/mol. The van der Waals surface area contributed by atoms with Crippen LogP contribution in [0.4, 0.5) is 0 Å². The van der Waals surface area contributed by atoms with Gasteiger partial charge in [-0.3, -0.25) is 9.78 Å². The van der Waals surface area contributed by atoms with E-state index in [4.69, 9.17) is 4.74 Å². The second kappa shape index (κ2) is 6.35. The first-order chi connectivity index (χ1) is 8.88. The lowest BCUT2D eigenvalue weighted by Gasteiger charge is -2.02. The normalized spacial score (nSPS) is 10.4. The van der Waals surface area contributed by atoms with Crippen LogP contribution in [0.15, 0.2) is 54.9 Å². The second-order valence-corrected chi connectivity index (χ2v) is 3.70. The van der Waals surface area contributed by atoms with E-state index < -0.39 is 0 Å². The van der Waals surface area contributed by atoms with Crippen molar-refractivity contribution < 1.29 is 9.53 Å². The van der Waals surface area contributed by atoms with Crippen LogP contribution < -0.4 is 4.74 Å². The van der Waals surface area contributed by atoms with Gasteiger partial charge in [0.25, 0.3) is 0 Å². The Balaban J connectivity index is 1.88. The van der Waals surface area contributed by atoms with E-state index in [-0.39, 0.29) is 0 Å². The molecule has 0 bridgehead atoms. The number of nitrogens with zero attached hydrogens (tertiary/aromatic N) is 1. The Morgan fingerprint density at radius 1 is 1.11 bits per heavy atom. The maximum Gasteiger partial charge on any atom is 0.151 e. The minimum Gasteiger partial charge on any atom is -0.488 e. The Morgan fingerprint density at radius 2 is 1.94 bits per heavy atom. The zero-order chi connectivity index (χ0) is 12.6. The van der Waals surface area contributed by atoms with Gasteiger partial charge in [-0.25, -0.2) is 0 Å². The number of ether oxygens (including phenoxy) is 1. The van der Waals surface area contributed by atoms with Gasteiger partial charge < -0.3 is 4.74 Å². The van der Waals surface area contributed by atoms with Gasteiger partial charge >= 0.3 is 0 Å².